The Balaban J connectivity index is 3.12. The second-order valence-electron chi connectivity index (χ2n) is 2.99. The number of azide groups is 1. The fourth-order valence-electron chi connectivity index (χ4n) is 1.37. The molecule has 1 rings (SSSR count). The van der Waals surface area contributed by atoms with Gasteiger partial charge in [-0.25, -0.2) is 0 Å². The van der Waals surface area contributed by atoms with Crippen molar-refractivity contribution in [2.45, 2.75) is 20.8 Å². The van der Waals surface area contributed by atoms with Crippen molar-refractivity contribution in [1.82, 2.24) is 0 Å². The minimum absolute atomic E-state index is 0.101. The Morgan fingerprint density at radius 3 is 2.23 bits per heavy atom. The van der Waals surface area contributed by atoms with E-state index in [1.807, 2.05) is 0 Å². The van der Waals surface area contributed by atoms with Gasteiger partial charge in [0.15, 0.2) is 0 Å². The summed E-state index contributed by atoms with van der Waals surface area (Å²) in [6.45, 7) is 6.19. The normalized spacial score (nSPS) is 9.46. The summed E-state index contributed by atoms with van der Waals surface area (Å²) >= 11 is -0.101. The first-order valence-corrected chi connectivity index (χ1v) is 5.56. The van der Waals surface area contributed by atoms with Crippen LogP contribution >= 0.6 is 0 Å². The van der Waals surface area contributed by atoms with Crippen LogP contribution in [0.4, 0.5) is 0 Å². The Morgan fingerprint density at radius 2 is 1.77 bits per heavy atom. The zero-order chi connectivity index (χ0) is 9.84. The summed E-state index contributed by atoms with van der Waals surface area (Å²) in [5.41, 5.74) is 12.0. The predicted molar refractivity (Wildman–Crippen MR) is 55.2 cm³/mol. The Hall–Kier alpha value is -0.951. The maximum absolute atomic E-state index is 8.24. The Kier molecular flexibility index (Phi) is 3.38. The molecular weight excluding hydrogens is 229 g/mol. The number of rotatable bonds is 2. The van der Waals surface area contributed by atoms with Crippen molar-refractivity contribution in [3.8, 4) is 0 Å². The molecule has 0 saturated carbocycles. The predicted octanol–water partition coefficient (Wildman–Crippen LogP) is 2.17. The summed E-state index contributed by atoms with van der Waals surface area (Å²) < 4.78 is 4.84. The van der Waals surface area contributed by atoms with Crippen molar-refractivity contribution in [3.63, 3.8) is 0 Å². The summed E-state index contributed by atoms with van der Waals surface area (Å²) in [7, 11) is 0. The zero-order valence-electron chi connectivity index (χ0n) is 7.90. The molecule has 0 radical (unpaired) electrons. The number of benzene rings is 1. The van der Waals surface area contributed by atoms with Crippen LogP contribution in [0, 0.1) is 20.8 Å². The molecule has 0 saturated heterocycles. The van der Waals surface area contributed by atoms with Crippen LogP contribution in [0.25, 0.3) is 10.4 Å². The molecule has 0 aliphatic carbocycles. The van der Waals surface area contributed by atoms with Crippen LogP contribution in [0.3, 0.4) is 0 Å². The zero-order valence-corrected chi connectivity index (χ0v) is 9.62. The summed E-state index contributed by atoms with van der Waals surface area (Å²) in [6.07, 6.45) is 0. The molecule has 1 aromatic carbocycles. The van der Waals surface area contributed by atoms with Gasteiger partial charge in [0, 0.05) is 0 Å². The summed E-state index contributed by atoms with van der Waals surface area (Å²) in [5, 5.41) is 0. The molecule has 0 fully saturated rings. The fraction of sp³-hybridized carbons (Fsp3) is 0.333. The molecule has 0 aliphatic rings. The van der Waals surface area contributed by atoms with Crippen molar-refractivity contribution < 1.29 is 0 Å². The first-order valence-electron chi connectivity index (χ1n) is 3.94. The topological polar surface area (TPSA) is 48.8 Å². The van der Waals surface area contributed by atoms with E-state index in [2.05, 4.69) is 41.9 Å². The van der Waals surface area contributed by atoms with Crippen LogP contribution in [0.1, 0.15) is 16.7 Å². The van der Waals surface area contributed by atoms with E-state index in [1.165, 1.54) is 21.2 Å². The molecule has 0 atom stereocenters. The average molecular weight is 240 g/mol. The molecular formula is C9H11N3Se. The third-order valence-electron chi connectivity index (χ3n) is 1.77. The molecule has 0 unspecified atom stereocenters. The molecule has 1 aromatic rings. The van der Waals surface area contributed by atoms with E-state index in [4.69, 9.17) is 5.53 Å². The molecule has 0 aliphatic heterocycles. The minimum atomic E-state index is -0.101. The SMILES string of the molecule is Cc1cc(C)c([Se]N=[N+]=[N-])c(C)c1. The first-order chi connectivity index (χ1) is 6.15. The van der Waals surface area contributed by atoms with Gasteiger partial charge in [-0.05, 0) is 0 Å². The van der Waals surface area contributed by atoms with E-state index in [1.54, 1.807) is 0 Å². The van der Waals surface area contributed by atoms with Gasteiger partial charge in [-0.1, -0.05) is 0 Å². The molecule has 0 N–H and O–H groups in total. The van der Waals surface area contributed by atoms with E-state index in [9.17, 15) is 0 Å². The van der Waals surface area contributed by atoms with Gasteiger partial charge in [-0.15, -0.1) is 0 Å². The van der Waals surface area contributed by atoms with Crippen LogP contribution < -0.4 is 4.46 Å². The van der Waals surface area contributed by atoms with Crippen LogP contribution in [0.15, 0.2) is 16.3 Å². The van der Waals surface area contributed by atoms with Gasteiger partial charge in [0.05, 0.1) is 0 Å². The molecule has 0 aromatic heterocycles. The van der Waals surface area contributed by atoms with Gasteiger partial charge in [0.25, 0.3) is 0 Å². The molecule has 68 valence electrons. The third kappa shape index (κ3) is 2.49. The quantitative estimate of drug-likeness (QED) is 0.329. The van der Waals surface area contributed by atoms with Crippen molar-refractivity contribution >= 4 is 19.6 Å². The van der Waals surface area contributed by atoms with Gasteiger partial charge in [0.2, 0.25) is 0 Å². The fourth-order valence-corrected chi connectivity index (χ4v) is 2.47. The number of nitrogens with zero attached hydrogens (tertiary/aromatic N) is 3. The average Bonchev–Trinajstić information content (AvgIpc) is 2.02. The summed E-state index contributed by atoms with van der Waals surface area (Å²) in [6, 6.07) is 4.24. The van der Waals surface area contributed by atoms with E-state index >= 15 is 0 Å². The van der Waals surface area contributed by atoms with Gasteiger partial charge in [-0.2, -0.15) is 0 Å². The van der Waals surface area contributed by atoms with Crippen molar-refractivity contribution in [2.75, 3.05) is 0 Å². The Bertz CT molecular complexity index is 344. The van der Waals surface area contributed by atoms with E-state index in [0.29, 0.717) is 0 Å². The molecule has 3 nitrogen and oxygen atoms in total. The third-order valence-corrected chi connectivity index (χ3v) is 3.83. The van der Waals surface area contributed by atoms with Crippen LogP contribution in [0.2, 0.25) is 0 Å². The molecule has 0 bridgehead atoms. The molecule has 0 spiro atoms. The van der Waals surface area contributed by atoms with Crippen LogP contribution in [-0.4, -0.2) is 15.2 Å². The van der Waals surface area contributed by atoms with Crippen molar-refractivity contribution in [2.24, 2.45) is 4.13 Å². The van der Waals surface area contributed by atoms with Gasteiger partial charge >= 0.3 is 83.8 Å². The first kappa shape index (κ1) is 10.1. The van der Waals surface area contributed by atoms with Crippen molar-refractivity contribution in [3.05, 3.63) is 39.3 Å². The van der Waals surface area contributed by atoms with Gasteiger partial charge < -0.3 is 0 Å². The summed E-state index contributed by atoms with van der Waals surface area (Å²) in [5.74, 6) is 0. The molecule has 4 heteroatoms. The Morgan fingerprint density at radius 1 is 1.23 bits per heavy atom. The van der Waals surface area contributed by atoms with Crippen LogP contribution in [0.5, 0.6) is 0 Å². The maximum atomic E-state index is 8.24. The second kappa shape index (κ2) is 4.33. The molecule has 0 heterocycles. The number of aryl methyl sites for hydroxylation is 3. The van der Waals surface area contributed by atoms with Crippen molar-refractivity contribution in [1.29, 1.82) is 0 Å². The standard InChI is InChI=1S/C9H11N3Se/c1-6-4-7(2)9(8(3)5-6)13-12-11-10/h4-5H,1-3H3. The van der Waals surface area contributed by atoms with E-state index in [0.717, 1.165) is 0 Å². The second-order valence-corrected chi connectivity index (χ2v) is 4.57. The van der Waals surface area contributed by atoms with Gasteiger partial charge in [0.1, 0.15) is 0 Å². The monoisotopic (exact) mass is 241 g/mol. The molecule has 13 heavy (non-hydrogen) atoms. The van der Waals surface area contributed by atoms with Gasteiger partial charge in [-0.3, -0.25) is 0 Å². The van der Waals surface area contributed by atoms with Crippen LogP contribution in [-0.2, 0) is 0 Å². The number of hydrogen-bond donors (Lipinski definition) is 0. The van der Waals surface area contributed by atoms with E-state index < -0.39 is 0 Å². The van der Waals surface area contributed by atoms with E-state index in [-0.39, 0.29) is 15.2 Å². The number of hydrogen-bond acceptors (Lipinski definition) is 1. The Labute approximate surface area is 84.2 Å². The summed E-state index contributed by atoms with van der Waals surface area (Å²) in [4.78, 5) is 2.79. The molecule has 0 amide bonds.